The summed E-state index contributed by atoms with van der Waals surface area (Å²) < 4.78 is 5.85. The fourth-order valence-corrected chi connectivity index (χ4v) is 2.01. The van der Waals surface area contributed by atoms with E-state index in [0.717, 1.165) is 23.4 Å². The predicted octanol–water partition coefficient (Wildman–Crippen LogP) is 2.79. The molecule has 0 radical (unpaired) electrons. The van der Waals surface area contributed by atoms with Gasteiger partial charge in [-0.25, -0.2) is 0 Å². The van der Waals surface area contributed by atoms with Crippen molar-refractivity contribution in [3.63, 3.8) is 0 Å². The summed E-state index contributed by atoms with van der Waals surface area (Å²) >= 11 is 0. The quantitative estimate of drug-likeness (QED) is 0.774. The van der Waals surface area contributed by atoms with Crippen LogP contribution < -0.4 is 15.4 Å². The Kier molecular flexibility index (Phi) is 7.23. The molecule has 0 aliphatic carbocycles. The van der Waals surface area contributed by atoms with Crippen molar-refractivity contribution in [2.45, 2.75) is 59.7 Å². The molecule has 118 valence electrons. The summed E-state index contributed by atoms with van der Waals surface area (Å²) in [6, 6.07) is 6.72. The van der Waals surface area contributed by atoms with Gasteiger partial charge in [0.15, 0.2) is 0 Å². The zero-order valence-corrected chi connectivity index (χ0v) is 13.8. The van der Waals surface area contributed by atoms with Gasteiger partial charge in [-0.15, -0.1) is 0 Å². The highest BCUT2D eigenvalue weighted by molar-refractivity contribution is 5.76. The van der Waals surface area contributed by atoms with Crippen LogP contribution in [0.4, 0.5) is 0 Å². The summed E-state index contributed by atoms with van der Waals surface area (Å²) in [7, 11) is 0. The zero-order valence-electron chi connectivity index (χ0n) is 13.8. The van der Waals surface area contributed by atoms with Crippen LogP contribution in [0.15, 0.2) is 18.2 Å². The lowest BCUT2D eigenvalue weighted by molar-refractivity contribution is -0.122. The number of amides is 1. The van der Waals surface area contributed by atoms with Crippen LogP contribution in [0.3, 0.4) is 0 Å². The minimum absolute atomic E-state index is 0.0282. The van der Waals surface area contributed by atoms with Crippen LogP contribution >= 0.6 is 0 Å². The molecule has 0 fully saturated rings. The molecule has 0 aliphatic rings. The summed E-state index contributed by atoms with van der Waals surface area (Å²) in [5, 5.41) is 6.26. The van der Waals surface area contributed by atoms with Gasteiger partial charge in [0.25, 0.3) is 0 Å². The average Bonchev–Trinajstić information content (AvgIpc) is 2.37. The fraction of sp³-hybridized carbons (Fsp3) is 0.588. The third-order valence-corrected chi connectivity index (χ3v) is 3.02. The average molecular weight is 292 g/mol. The highest BCUT2D eigenvalue weighted by Crippen LogP contribution is 2.23. The zero-order chi connectivity index (χ0) is 15.8. The molecule has 0 unspecified atom stereocenters. The molecule has 2 N–H and O–H groups in total. The maximum Gasteiger partial charge on any atom is 0.223 e. The maximum atomic E-state index is 11.6. The van der Waals surface area contributed by atoms with E-state index in [9.17, 15) is 4.79 Å². The smallest absolute Gasteiger partial charge is 0.223 e. The number of rotatable bonds is 8. The molecule has 1 rings (SSSR count). The van der Waals surface area contributed by atoms with Crippen molar-refractivity contribution in [1.82, 2.24) is 10.6 Å². The molecule has 0 saturated carbocycles. The fourth-order valence-electron chi connectivity index (χ4n) is 2.01. The standard InChI is InChI=1S/C17H28N2O2/c1-12(2)18-11-15-8-6-7-14(5)17(15)21-10-9-16(20)19-13(3)4/h6-8,12-13,18H,9-11H2,1-5H3,(H,19,20). The van der Waals surface area contributed by atoms with E-state index >= 15 is 0 Å². The Labute approximate surface area is 128 Å². The number of carbonyl (C=O) groups excluding carboxylic acids is 1. The topological polar surface area (TPSA) is 50.4 Å². The highest BCUT2D eigenvalue weighted by Gasteiger charge is 2.09. The molecule has 1 amide bonds. The Hall–Kier alpha value is -1.55. The van der Waals surface area contributed by atoms with Crippen LogP contribution in [0.1, 0.15) is 45.2 Å². The van der Waals surface area contributed by atoms with Crippen molar-refractivity contribution in [3.05, 3.63) is 29.3 Å². The minimum atomic E-state index is 0.0282. The molecule has 4 heteroatoms. The van der Waals surface area contributed by atoms with Crippen molar-refractivity contribution in [3.8, 4) is 5.75 Å². The van der Waals surface area contributed by atoms with Gasteiger partial charge < -0.3 is 15.4 Å². The van der Waals surface area contributed by atoms with E-state index in [-0.39, 0.29) is 11.9 Å². The second-order valence-electron chi connectivity index (χ2n) is 5.92. The van der Waals surface area contributed by atoms with Crippen LogP contribution in [0, 0.1) is 6.92 Å². The van der Waals surface area contributed by atoms with Gasteiger partial charge in [0, 0.05) is 24.2 Å². The number of hydrogen-bond acceptors (Lipinski definition) is 3. The maximum absolute atomic E-state index is 11.6. The summed E-state index contributed by atoms with van der Waals surface area (Å²) in [5.74, 6) is 0.920. The molecule has 21 heavy (non-hydrogen) atoms. The molecule has 0 bridgehead atoms. The van der Waals surface area contributed by atoms with Gasteiger partial charge in [0.1, 0.15) is 5.75 Å². The molecule has 0 spiro atoms. The summed E-state index contributed by atoms with van der Waals surface area (Å²) in [6.07, 6.45) is 0.379. The van der Waals surface area contributed by atoms with Crippen molar-refractivity contribution < 1.29 is 9.53 Å². The molecular weight excluding hydrogens is 264 g/mol. The Bertz CT molecular complexity index is 456. The Balaban J connectivity index is 2.58. The van der Waals surface area contributed by atoms with E-state index in [1.807, 2.05) is 32.9 Å². The van der Waals surface area contributed by atoms with Gasteiger partial charge in [-0.05, 0) is 26.3 Å². The first-order valence-electron chi connectivity index (χ1n) is 7.64. The van der Waals surface area contributed by atoms with Crippen LogP contribution in [-0.2, 0) is 11.3 Å². The number of ether oxygens (including phenoxy) is 1. The number of hydrogen-bond donors (Lipinski definition) is 2. The van der Waals surface area contributed by atoms with Gasteiger partial charge >= 0.3 is 0 Å². The van der Waals surface area contributed by atoms with E-state index in [0.29, 0.717) is 19.1 Å². The number of benzene rings is 1. The Morgan fingerprint density at radius 1 is 1.19 bits per heavy atom. The lowest BCUT2D eigenvalue weighted by Gasteiger charge is -2.16. The first kappa shape index (κ1) is 17.5. The third kappa shape index (κ3) is 6.63. The van der Waals surface area contributed by atoms with E-state index in [2.05, 4.69) is 30.5 Å². The van der Waals surface area contributed by atoms with Crippen molar-refractivity contribution in [2.24, 2.45) is 0 Å². The molecule has 1 aromatic rings. The summed E-state index contributed by atoms with van der Waals surface area (Å²) in [4.78, 5) is 11.6. The predicted molar refractivity (Wildman–Crippen MR) is 86.5 cm³/mol. The molecule has 1 aromatic carbocycles. The number of para-hydroxylation sites is 1. The van der Waals surface area contributed by atoms with Gasteiger partial charge in [0.2, 0.25) is 5.91 Å². The summed E-state index contributed by atoms with van der Waals surface area (Å²) in [5.41, 5.74) is 2.23. The number of aryl methyl sites for hydroxylation is 1. The molecule has 0 atom stereocenters. The Morgan fingerprint density at radius 3 is 2.52 bits per heavy atom. The first-order valence-corrected chi connectivity index (χ1v) is 7.64. The first-order chi connectivity index (χ1) is 9.90. The Morgan fingerprint density at radius 2 is 1.90 bits per heavy atom. The van der Waals surface area contributed by atoms with Crippen LogP contribution in [-0.4, -0.2) is 24.6 Å². The largest absolute Gasteiger partial charge is 0.492 e. The SMILES string of the molecule is Cc1cccc(CNC(C)C)c1OCCC(=O)NC(C)C. The molecule has 0 heterocycles. The highest BCUT2D eigenvalue weighted by atomic mass is 16.5. The summed E-state index contributed by atoms with van der Waals surface area (Å²) in [6.45, 7) is 11.3. The van der Waals surface area contributed by atoms with Crippen LogP contribution in [0.25, 0.3) is 0 Å². The van der Waals surface area contributed by atoms with Gasteiger partial charge in [-0.1, -0.05) is 32.0 Å². The normalized spacial score (nSPS) is 11.0. The van der Waals surface area contributed by atoms with E-state index in [4.69, 9.17) is 4.74 Å². The second-order valence-corrected chi connectivity index (χ2v) is 5.92. The van der Waals surface area contributed by atoms with Gasteiger partial charge in [-0.3, -0.25) is 4.79 Å². The minimum Gasteiger partial charge on any atom is -0.492 e. The number of nitrogens with one attached hydrogen (secondary N) is 2. The lowest BCUT2D eigenvalue weighted by atomic mass is 10.1. The second kappa shape index (κ2) is 8.67. The molecule has 0 aromatic heterocycles. The lowest BCUT2D eigenvalue weighted by Crippen LogP contribution is -2.31. The monoisotopic (exact) mass is 292 g/mol. The van der Waals surface area contributed by atoms with E-state index < -0.39 is 0 Å². The van der Waals surface area contributed by atoms with Gasteiger partial charge in [-0.2, -0.15) is 0 Å². The van der Waals surface area contributed by atoms with Crippen molar-refractivity contribution in [1.29, 1.82) is 0 Å². The van der Waals surface area contributed by atoms with Crippen LogP contribution in [0.2, 0.25) is 0 Å². The molecule has 0 saturated heterocycles. The van der Waals surface area contributed by atoms with Crippen molar-refractivity contribution in [2.75, 3.05) is 6.61 Å². The van der Waals surface area contributed by atoms with Crippen LogP contribution in [0.5, 0.6) is 5.75 Å². The number of carbonyl (C=O) groups is 1. The van der Waals surface area contributed by atoms with Crippen molar-refractivity contribution >= 4 is 5.91 Å². The molecule has 4 nitrogen and oxygen atoms in total. The van der Waals surface area contributed by atoms with E-state index in [1.54, 1.807) is 0 Å². The van der Waals surface area contributed by atoms with E-state index in [1.165, 1.54) is 0 Å². The molecule has 0 aliphatic heterocycles. The third-order valence-electron chi connectivity index (χ3n) is 3.02. The molecular formula is C17H28N2O2. The van der Waals surface area contributed by atoms with Gasteiger partial charge in [0.05, 0.1) is 13.0 Å².